The molecule has 0 aliphatic rings. The van der Waals surface area contributed by atoms with E-state index in [1.165, 1.54) is 25.7 Å². The summed E-state index contributed by atoms with van der Waals surface area (Å²) in [5.74, 6) is -2.87. The third-order valence-corrected chi connectivity index (χ3v) is 8.46. The number of hydrogen-bond acceptors (Lipinski definition) is 6. The average Bonchev–Trinajstić information content (AvgIpc) is 3.00. The van der Waals surface area contributed by atoms with Gasteiger partial charge >= 0.3 is 17.9 Å². The van der Waals surface area contributed by atoms with E-state index in [0.29, 0.717) is 37.8 Å². The van der Waals surface area contributed by atoms with Crippen molar-refractivity contribution >= 4 is 52.6 Å². The Hall–Kier alpha value is -2.74. The number of benzene rings is 1. The van der Waals surface area contributed by atoms with Gasteiger partial charge in [0.2, 0.25) is 5.91 Å². The molecule has 0 radical (unpaired) electrons. The largest absolute Gasteiger partial charge is 0.481 e. The van der Waals surface area contributed by atoms with E-state index in [2.05, 4.69) is 8.85 Å². The number of carboxylic acid groups (broad SMARTS) is 3. The minimum atomic E-state index is -0.956. The smallest absolute Gasteiger partial charge is 0.321 e. The van der Waals surface area contributed by atoms with Crippen LogP contribution in [0.3, 0.4) is 0 Å². The van der Waals surface area contributed by atoms with E-state index in [9.17, 15) is 24.0 Å². The molecule has 1 rings (SSSR count). The zero-order valence-corrected chi connectivity index (χ0v) is 28.6. The quantitative estimate of drug-likeness (QED) is 0.0373. The van der Waals surface area contributed by atoms with E-state index in [1.54, 1.807) is 29.2 Å². The highest BCUT2D eigenvalue weighted by molar-refractivity contribution is 14.1. The molecule has 0 spiro atoms. The van der Waals surface area contributed by atoms with Crippen molar-refractivity contribution in [3.8, 4) is 0 Å². The number of aliphatic carboxylic acids is 3. The number of rotatable bonds is 28. The third kappa shape index (κ3) is 20.8. The van der Waals surface area contributed by atoms with Crippen LogP contribution in [0.2, 0.25) is 0 Å². The van der Waals surface area contributed by atoms with Crippen molar-refractivity contribution in [1.29, 1.82) is 0 Å². The van der Waals surface area contributed by atoms with Crippen LogP contribution in [0.5, 0.6) is 0 Å². The number of nitrogens with one attached hydrogen (secondary N) is 2. The Labute approximate surface area is 281 Å². The first-order valence-electron chi connectivity index (χ1n) is 16.3. The molecule has 11 nitrogen and oxygen atoms in total. The van der Waals surface area contributed by atoms with Gasteiger partial charge in [0.25, 0.3) is 5.91 Å². The molecule has 0 heterocycles. The van der Waals surface area contributed by atoms with E-state index >= 15 is 0 Å². The van der Waals surface area contributed by atoms with E-state index in [4.69, 9.17) is 15.3 Å². The number of amides is 2. The van der Waals surface area contributed by atoms with Crippen LogP contribution in [-0.2, 0) is 25.7 Å². The molecule has 1 atom stereocenters. The normalized spacial score (nSPS) is 11.6. The molecular weight excluding hydrogens is 693 g/mol. The van der Waals surface area contributed by atoms with Crippen LogP contribution in [0, 0.1) is 0 Å². The summed E-state index contributed by atoms with van der Waals surface area (Å²) in [6.45, 7) is 0.847. The lowest BCUT2D eigenvalue weighted by Crippen LogP contribution is -2.32. The molecule has 2 amide bonds. The average molecular weight is 746 g/mol. The van der Waals surface area contributed by atoms with Crippen LogP contribution in [0.25, 0.3) is 0 Å². The predicted molar refractivity (Wildman–Crippen MR) is 181 cm³/mol. The van der Waals surface area contributed by atoms with Crippen molar-refractivity contribution in [3.63, 3.8) is 0 Å². The summed E-state index contributed by atoms with van der Waals surface area (Å²) in [5, 5.41) is 29.7. The van der Waals surface area contributed by atoms with Crippen LogP contribution in [-0.4, -0.2) is 69.1 Å². The van der Waals surface area contributed by atoms with Crippen molar-refractivity contribution in [2.75, 3.05) is 13.1 Å². The lowest BCUT2D eigenvalue weighted by atomic mass is 10.0. The van der Waals surface area contributed by atoms with E-state index in [1.807, 2.05) is 22.9 Å². The van der Waals surface area contributed by atoms with Gasteiger partial charge in [0, 0.05) is 60.9 Å². The molecule has 45 heavy (non-hydrogen) atoms. The predicted octanol–water partition coefficient (Wildman–Crippen LogP) is 6.33. The van der Waals surface area contributed by atoms with Gasteiger partial charge in [-0.1, -0.05) is 76.3 Å². The van der Waals surface area contributed by atoms with Gasteiger partial charge in [0.05, 0.1) is 6.42 Å². The van der Waals surface area contributed by atoms with E-state index < -0.39 is 23.9 Å². The molecule has 0 unspecified atom stereocenters. The zero-order chi connectivity index (χ0) is 33.3. The van der Waals surface area contributed by atoms with Crippen molar-refractivity contribution in [2.45, 2.75) is 128 Å². The van der Waals surface area contributed by atoms with Gasteiger partial charge in [-0.05, 0) is 49.8 Å². The summed E-state index contributed by atoms with van der Waals surface area (Å²) < 4.78 is 2.72. The Morgan fingerprint density at radius 3 is 1.67 bits per heavy atom. The highest BCUT2D eigenvalue weighted by atomic mass is 127. The molecule has 1 aromatic rings. The van der Waals surface area contributed by atoms with Crippen LogP contribution < -0.4 is 8.85 Å². The molecule has 0 saturated carbocycles. The molecule has 1 aromatic carbocycles. The molecule has 5 N–H and O–H groups in total. The second-order valence-electron chi connectivity index (χ2n) is 11.5. The fraction of sp³-hybridized carbons (Fsp3) is 0.667. The first-order valence-corrected chi connectivity index (χ1v) is 17.4. The number of halogens is 1. The Bertz CT molecular complexity index is 1020. The molecule has 0 bridgehead atoms. The summed E-state index contributed by atoms with van der Waals surface area (Å²) in [6, 6.07) is 6.32. The molecule has 0 fully saturated rings. The minimum Gasteiger partial charge on any atom is -0.481 e. The van der Waals surface area contributed by atoms with Crippen molar-refractivity contribution < 1.29 is 39.3 Å². The lowest BCUT2D eigenvalue weighted by Gasteiger charge is -2.22. The van der Waals surface area contributed by atoms with Gasteiger partial charge in [-0.2, -0.15) is 0 Å². The summed E-state index contributed by atoms with van der Waals surface area (Å²) in [5.41, 5.74) is 1.30. The molecule has 0 saturated heterocycles. The molecular formula is C33H52IN3O8. The van der Waals surface area contributed by atoms with Crippen molar-refractivity contribution in [3.05, 3.63) is 35.4 Å². The first kappa shape index (κ1) is 40.3. The van der Waals surface area contributed by atoms with Gasteiger partial charge in [-0.25, -0.2) is 3.53 Å². The SMILES string of the molecule is O=C(O)CCCCCCCCCCCCCCC(=O)N(CCC(=O)O)Cc1ccc(C(=O)NCCCC[C@H](NI)C(=O)O)cc1. The van der Waals surface area contributed by atoms with E-state index in [-0.39, 0.29) is 37.7 Å². The van der Waals surface area contributed by atoms with E-state index in [0.717, 1.165) is 56.9 Å². The number of unbranched alkanes of at least 4 members (excludes halogenated alkanes) is 12. The molecule has 0 aromatic heterocycles. The zero-order valence-electron chi connectivity index (χ0n) is 26.4. The lowest BCUT2D eigenvalue weighted by molar-refractivity contribution is -0.140. The fourth-order valence-corrected chi connectivity index (χ4v) is 5.56. The maximum atomic E-state index is 12.9. The Morgan fingerprint density at radius 1 is 0.667 bits per heavy atom. The Morgan fingerprint density at radius 2 is 1.18 bits per heavy atom. The number of carboxylic acids is 3. The van der Waals surface area contributed by atoms with Crippen LogP contribution >= 0.6 is 22.9 Å². The monoisotopic (exact) mass is 745 g/mol. The topological polar surface area (TPSA) is 173 Å². The molecule has 254 valence electrons. The molecule has 0 aliphatic heterocycles. The highest BCUT2D eigenvalue weighted by Gasteiger charge is 2.16. The number of hydrogen-bond donors (Lipinski definition) is 5. The second kappa shape index (κ2) is 25.5. The van der Waals surface area contributed by atoms with Crippen LogP contribution in [0.4, 0.5) is 0 Å². The summed E-state index contributed by atoms with van der Waals surface area (Å²) in [4.78, 5) is 59.7. The number of carbonyl (C=O) groups is 5. The van der Waals surface area contributed by atoms with Crippen LogP contribution in [0.1, 0.15) is 131 Å². The van der Waals surface area contributed by atoms with Crippen molar-refractivity contribution in [1.82, 2.24) is 13.7 Å². The van der Waals surface area contributed by atoms with Gasteiger partial charge in [0.1, 0.15) is 6.04 Å². The van der Waals surface area contributed by atoms with Crippen LogP contribution in [0.15, 0.2) is 24.3 Å². The van der Waals surface area contributed by atoms with Gasteiger partial charge in [-0.3, -0.25) is 24.0 Å². The third-order valence-electron chi connectivity index (χ3n) is 7.70. The maximum Gasteiger partial charge on any atom is 0.321 e. The van der Waals surface area contributed by atoms with Gasteiger partial charge in [0.15, 0.2) is 0 Å². The summed E-state index contributed by atoms with van der Waals surface area (Å²) in [7, 11) is 0. The Balaban J connectivity index is 2.32. The standard InChI is InChI=1S/C33H52IN3O8/c34-36-28(33(44)45)15-13-14-23-35-32(43)27-20-18-26(19-21-27)25-37(24-22-31(41)42)29(38)16-11-9-7-5-3-1-2-4-6-8-10-12-17-30(39)40/h18-21,28,36H,1-17,22-25H2,(H,35,43)(H,39,40)(H,41,42)(H,44,45)/t28-/m0/s1. The first-order chi connectivity index (χ1) is 21.6. The van der Waals surface area contributed by atoms with Gasteiger partial charge in [-0.15, -0.1) is 0 Å². The summed E-state index contributed by atoms with van der Waals surface area (Å²) in [6.07, 6.45) is 15.0. The maximum absolute atomic E-state index is 12.9. The Kier molecular flexibility index (Phi) is 22.8. The van der Waals surface area contributed by atoms with Crippen molar-refractivity contribution in [2.24, 2.45) is 0 Å². The van der Waals surface area contributed by atoms with Gasteiger partial charge < -0.3 is 25.5 Å². The number of nitrogens with zero attached hydrogens (tertiary/aromatic N) is 1. The number of carbonyl (C=O) groups excluding carboxylic acids is 2. The summed E-state index contributed by atoms with van der Waals surface area (Å²) >= 11 is 1.82. The molecule has 12 heteroatoms. The fourth-order valence-electron chi connectivity index (χ4n) is 4.98. The minimum absolute atomic E-state index is 0.0654. The highest BCUT2D eigenvalue weighted by Crippen LogP contribution is 2.15. The second-order valence-corrected chi connectivity index (χ2v) is 12.2. The molecule has 0 aliphatic carbocycles.